The molecule has 1 heterocycles. The van der Waals surface area contributed by atoms with E-state index in [1.807, 2.05) is 11.8 Å². The Morgan fingerprint density at radius 2 is 1.94 bits per heavy atom. The lowest BCUT2D eigenvalue weighted by Crippen LogP contribution is -2.10. The van der Waals surface area contributed by atoms with Crippen molar-refractivity contribution in [3.63, 3.8) is 0 Å². The molecule has 1 aliphatic carbocycles. The maximum absolute atomic E-state index is 4.62. The lowest BCUT2D eigenvalue weighted by Gasteiger charge is -2.12. The average Bonchev–Trinajstić information content (AvgIpc) is 3.05. The Labute approximate surface area is 107 Å². The van der Waals surface area contributed by atoms with Gasteiger partial charge in [0.15, 0.2) is 5.17 Å². The molecular weight excluding hydrogens is 228 g/mol. The smallest absolute Gasteiger partial charge is 0.161 e. The van der Waals surface area contributed by atoms with Gasteiger partial charge in [0.25, 0.3) is 0 Å². The Hall–Kier alpha value is -0.960. The molecule has 1 saturated carbocycles. The molecule has 2 nitrogen and oxygen atoms in total. The van der Waals surface area contributed by atoms with Crippen LogP contribution in [0.2, 0.25) is 0 Å². The Kier molecular flexibility index (Phi) is 2.87. The molecule has 1 aromatic rings. The van der Waals surface area contributed by atoms with E-state index in [-0.39, 0.29) is 0 Å². The van der Waals surface area contributed by atoms with E-state index in [0.717, 1.165) is 22.9 Å². The quantitative estimate of drug-likeness (QED) is 0.862. The summed E-state index contributed by atoms with van der Waals surface area (Å²) in [5.74, 6) is 0.931. The summed E-state index contributed by atoms with van der Waals surface area (Å²) in [6.07, 6.45) is 2.81. The van der Waals surface area contributed by atoms with Crippen LogP contribution in [0.15, 0.2) is 23.2 Å². The number of hydrogen-bond donors (Lipinski definition) is 1. The zero-order chi connectivity index (χ0) is 11.8. The molecule has 3 heteroatoms. The van der Waals surface area contributed by atoms with Gasteiger partial charge >= 0.3 is 0 Å². The molecule has 1 aliphatic heterocycles. The SMILES string of the molecule is Cc1cccc(C)c1NC1=NCC(C2CC2)S1. The third kappa shape index (κ3) is 2.34. The van der Waals surface area contributed by atoms with Gasteiger partial charge in [-0.05, 0) is 43.7 Å². The number of hydrogen-bond acceptors (Lipinski definition) is 3. The normalized spacial score (nSPS) is 23.6. The number of nitrogens with zero attached hydrogens (tertiary/aromatic N) is 1. The number of thioether (sulfide) groups is 1. The molecule has 0 radical (unpaired) electrons. The molecule has 0 amide bonds. The number of rotatable bonds is 2. The van der Waals surface area contributed by atoms with Crippen molar-refractivity contribution in [3.05, 3.63) is 29.3 Å². The number of nitrogens with one attached hydrogen (secondary N) is 1. The van der Waals surface area contributed by atoms with Gasteiger partial charge in [-0.25, -0.2) is 0 Å². The fourth-order valence-corrected chi connectivity index (χ4v) is 3.50. The first-order valence-electron chi connectivity index (χ1n) is 6.28. The van der Waals surface area contributed by atoms with E-state index in [9.17, 15) is 0 Å². The maximum Gasteiger partial charge on any atom is 0.161 e. The van der Waals surface area contributed by atoms with E-state index in [1.165, 1.54) is 29.7 Å². The molecule has 1 N–H and O–H groups in total. The van der Waals surface area contributed by atoms with Gasteiger partial charge < -0.3 is 5.32 Å². The van der Waals surface area contributed by atoms with E-state index in [2.05, 4.69) is 42.4 Å². The summed E-state index contributed by atoms with van der Waals surface area (Å²) < 4.78 is 0. The minimum absolute atomic E-state index is 0.738. The number of benzene rings is 1. The Morgan fingerprint density at radius 3 is 2.59 bits per heavy atom. The minimum Gasteiger partial charge on any atom is -0.335 e. The predicted octanol–water partition coefficient (Wildman–Crippen LogP) is 3.60. The third-order valence-electron chi connectivity index (χ3n) is 3.54. The van der Waals surface area contributed by atoms with Crippen molar-refractivity contribution in [2.45, 2.75) is 31.9 Å². The summed E-state index contributed by atoms with van der Waals surface area (Å²) >= 11 is 1.93. The van der Waals surface area contributed by atoms with Crippen LogP contribution in [0.1, 0.15) is 24.0 Å². The van der Waals surface area contributed by atoms with Crippen molar-refractivity contribution >= 4 is 22.6 Å². The molecule has 17 heavy (non-hydrogen) atoms. The van der Waals surface area contributed by atoms with Crippen LogP contribution >= 0.6 is 11.8 Å². The first-order valence-corrected chi connectivity index (χ1v) is 7.16. The molecule has 90 valence electrons. The average molecular weight is 246 g/mol. The van der Waals surface area contributed by atoms with Crippen LogP contribution in [0.4, 0.5) is 5.69 Å². The van der Waals surface area contributed by atoms with E-state index in [4.69, 9.17) is 0 Å². The number of aryl methyl sites for hydroxylation is 2. The van der Waals surface area contributed by atoms with Crippen LogP contribution < -0.4 is 5.32 Å². The van der Waals surface area contributed by atoms with Gasteiger partial charge in [0, 0.05) is 10.9 Å². The third-order valence-corrected chi connectivity index (χ3v) is 4.83. The van der Waals surface area contributed by atoms with Crippen molar-refractivity contribution in [1.29, 1.82) is 0 Å². The molecule has 3 rings (SSSR count). The summed E-state index contributed by atoms with van der Waals surface area (Å²) in [5, 5.41) is 5.35. The molecule has 1 fully saturated rings. The Balaban J connectivity index is 1.71. The zero-order valence-electron chi connectivity index (χ0n) is 10.4. The largest absolute Gasteiger partial charge is 0.335 e. The van der Waals surface area contributed by atoms with Crippen LogP contribution in [-0.4, -0.2) is 17.0 Å². The van der Waals surface area contributed by atoms with Crippen LogP contribution in [0.25, 0.3) is 0 Å². The van der Waals surface area contributed by atoms with E-state index >= 15 is 0 Å². The van der Waals surface area contributed by atoms with Gasteiger partial charge in [-0.1, -0.05) is 30.0 Å². The predicted molar refractivity (Wildman–Crippen MR) is 75.9 cm³/mol. The summed E-state index contributed by atoms with van der Waals surface area (Å²) in [4.78, 5) is 4.62. The van der Waals surface area contributed by atoms with Gasteiger partial charge in [-0.3, -0.25) is 4.99 Å². The molecule has 1 aromatic carbocycles. The van der Waals surface area contributed by atoms with Crippen LogP contribution in [-0.2, 0) is 0 Å². The van der Waals surface area contributed by atoms with Crippen molar-refractivity contribution in [1.82, 2.24) is 0 Å². The van der Waals surface area contributed by atoms with E-state index in [0.29, 0.717) is 0 Å². The van der Waals surface area contributed by atoms with E-state index in [1.54, 1.807) is 0 Å². The highest BCUT2D eigenvalue weighted by Crippen LogP contribution is 2.42. The fraction of sp³-hybridized carbons (Fsp3) is 0.500. The molecule has 2 aliphatic rings. The highest BCUT2D eigenvalue weighted by atomic mass is 32.2. The lowest BCUT2D eigenvalue weighted by molar-refractivity contribution is 0.773. The maximum atomic E-state index is 4.62. The molecule has 1 atom stereocenters. The monoisotopic (exact) mass is 246 g/mol. The summed E-state index contributed by atoms with van der Waals surface area (Å²) in [6, 6.07) is 6.40. The first kappa shape index (κ1) is 11.1. The summed E-state index contributed by atoms with van der Waals surface area (Å²) in [5.41, 5.74) is 3.82. The highest BCUT2D eigenvalue weighted by Gasteiger charge is 2.35. The van der Waals surface area contributed by atoms with Gasteiger partial charge in [0.1, 0.15) is 0 Å². The Bertz CT molecular complexity index is 443. The van der Waals surface area contributed by atoms with Crippen molar-refractivity contribution < 1.29 is 0 Å². The molecule has 0 aromatic heterocycles. The van der Waals surface area contributed by atoms with E-state index < -0.39 is 0 Å². The van der Waals surface area contributed by atoms with Gasteiger partial charge in [-0.2, -0.15) is 0 Å². The van der Waals surface area contributed by atoms with Gasteiger partial charge in [0.2, 0.25) is 0 Å². The van der Waals surface area contributed by atoms with Crippen LogP contribution in [0.3, 0.4) is 0 Å². The molecule has 0 saturated heterocycles. The van der Waals surface area contributed by atoms with Crippen molar-refractivity contribution in [2.24, 2.45) is 10.9 Å². The summed E-state index contributed by atoms with van der Waals surface area (Å²) in [6.45, 7) is 5.30. The van der Waals surface area contributed by atoms with Crippen LogP contribution in [0.5, 0.6) is 0 Å². The second-order valence-electron chi connectivity index (χ2n) is 5.03. The first-order chi connectivity index (χ1) is 8.24. The molecular formula is C14H18N2S. The number of aliphatic imine (C=N–C) groups is 1. The molecule has 0 bridgehead atoms. The Morgan fingerprint density at radius 1 is 1.24 bits per heavy atom. The van der Waals surface area contributed by atoms with Crippen molar-refractivity contribution in [2.75, 3.05) is 11.9 Å². The second-order valence-corrected chi connectivity index (χ2v) is 6.26. The van der Waals surface area contributed by atoms with Gasteiger partial charge in [0.05, 0.1) is 6.54 Å². The number of anilines is 1. The van der Waals surface area contributed by atoms with Crippen molar-refractivity contribution in [3.8, 4) is 0 Å². The second kappa shape index (κ2) is 4.37. The summed E-state index contributed by atoms with van der Waals surface area (Å²) in [7, 11) is 0. The zero-order valence-corrected chi connectivity index (χ0v) is 11.2. The topological polar surface area (TPSA) is 24.4 Å². The number of amidine groups is 1. The van der Waals surface area contributed by atoms with Gasteiger partial charge in [-0.15, -0.1) is 0 Å². The lowest BCUT2D eigenvalue weighted by atomic mass is 10.1. The minimum atomic E-state index is 0.738. The molecule has 0 spiro atoms. The fourth-order valence-electron chi connectivity index (χ4n) is 2.29. The highest BCUT2D eigenvalue weighted by molar-refractivity contribution is 8.15. The molecule has 1 unspecified atom stereocenters. The standard InChI is InChI=1S/C14H18N2S/c1-9-4-3-5-10(2)13(9)16-14-15-8-12(17-14)11-6-7-11/h3-5,11-12H,6-8H2,1-2H3,(H,15,16). The van der Waals surface area contributed by atoms with Crippen LogP contribution in [0, 0.1) is 19.8 Å². The number of para-hydroxylation sites is 1.